The van der Waals surface area contributed by atoms with E-state index >= 15 is 0 Å². The smallest absolute Gasteiger partial charge is 0.266 e. The van der Waals surface area contributed by atoms with Crippen LogP contribution >= 0.6 is 23.2 Å². The van der Waals surface area contributed by atoms with Crippen molar-refractivity contribution in [2.24, 2.45) is 5.92 Å². The van der Waals surface area contributed by atoms with Crippen molar-refractivity contribution in [1.82, 2.24) is 0 Å². The van der Waals surface area contributed by atoms with Crippen LogP contribution in [0.1, 0.15) is 17.2 Å². The lowest BCUT2D eigenvalue weighted by Crippen LogP contribution is -2.37. The first kappa shape index (κ1) is 20.1. The van der Waals surface area contributed by atoms with E-state index in [0.29, 0.717) is 21.3 Å². The molecule has 0 aliphatic carbocycles. The van der Waals surface area contributed by atoms with Gasteiger partial charge in [0, 0.05) is 10.0 Å². The molecular weight excluding hydrogens is 435 g/mol. The number of benzene rings is 3. The molecule has 0 unspecified atom stereocenters. The monoisotopic (exact) mass is 452 g/mol. The molecule has 3 aromatic rings. The molecule has 0 N–H and O–H groups in total. The molecule has 3 atom stereocenters. The third kappa shape index (κ3) is 3.21. The van der Waals surface area contributed by atoms with Crippen molar-refractivity contribution in [2.75, 3.05) is 9.96 Å². The van der Waals surface area contributed by atoms with Crippen LogP contribution in [0.15, 0.2) is 72.8 Å². The third-order valence-electron chi connectivity index (χ3n) is 5.76. The van der Waals surface area contributed by atoms with Gasteiger partial charge in [-0.3, -0.25) is 14.4 Å². The second-order valence-corrected chi connectivity index (χ2v) is 8.47. The van der Waals surface area contributed by atoms with Crippen molar-refractivity contribution in [3.05, 3.63) is 94.0 Å². The first-order valence-corrected chi connectivity index (χ1v) is 10.6. The maximum Gasteiger partial charge on any atom is 0.266 e. The molecule has 7 heteroatoms. The van der Waals surface area contributed by atoms with Crippen LogP contribution in [0.25, 0.3) is 0 Å². The summed E-state index contributed by atoms with van der Waals surface area (Å²) in [6, 6.07) is 21.2. The molecule has 0 spiro atoms. The predicted octanol–water partition coefficient (Wildman–Crippen LogP) is 5.35. The minimum atomic E-state index is -0.941. The van der Waals surface area contributed by atoms with Gasteiger partial charge in [0.25, 0.3) is 5.91 Å². The quantitative estimate of drug-likeness (QED) is 0.502. The third-order valence-corrected chi connectivity index (χ3v) is 6.33. The van der Waals surface area contributed by atoms with Crippen molar-refractivity contribution >= 4 is 46.4 Å². The number of nitrogens with zero attached hydrogens (tertiary/aromatic N) is 2. The second kappa shape index (κ2) is 7.68. The van der Waals surface area contributed by atoms with Gasteiger partial charge in [-0.2, -0.15) is 0 Å². The van der Waals surface area contributed by atoms with Gasteiger partial charge in [0.15, 0.2) is 6.10 Å². The molecule has 2 saturated heterocycles. The van der Waals surface area contributed by atoms with Gasteiger partial charge < -0.3 is 0 Å². The van der Waals surface area contributed by atoms with E-state index in [1.807, 2.05) is 55.5 Å². The lowest BCUT2D eigenvalue weighted by Gasteiger charge is -2.29. The Labute approximate surface area is 189 Å². The van der Waals surface area contributed by atoms with Crippen LogP contribution in [0.3, 0.4) is 0 Å². The Morgan fingerprint density at radius 1 is 0.871 bits per heavy atom. The number of carbonyl (C=O) groups excluding carboxylic acids is 2. The number of rotatable bonds is 3. The summed E-state index contributed by atoms with van der Waals surface area (Å²) < 4.78 is 0. The Morgan fingerprint density at radius 3 is 2.29 bits per heavy atom. The molecule has 31 heavy (non-hydrogen) atoms. The Bertz CT molecular complexity index is 1180. The number of anilines is 2. The summed E-state index contributed by atoms with van der Waals surface area (Å²) in [4.78, 5) is 34.3. The highest BCUT2D eigenvalue weighted by Crippen LogP contribution is 2.49. The molecule has 2 aliphatic rings. The molecule has 156 valence electrons. The highest BCUT2D eigenvalue weighted by Gasteiger charge is 2.60. The van der Waals surface area contributed by atoms with Crippen LogP contribution in [0, 0.1) is 12.8 Å². The van der Waals surface area contributed by atoms with Gasteiger partial charge >= 0.3 is 0 Å². The average Bonchev–Trinajstić information content (AvgIpc) is 3.26. The standard InChI is InChI=1S/C24H18Cl2N2O3/c1-14-7-5-6-10-19(14)27-23(29)20-21(17-12-11-15(25)13-18(17)26)28(31-22(20)24(27)30)16-8-3-2-4-9-16/h2-13,20-22H,1H3/t20-,21-,22+/m1/s1. The number of hydrogen-bond acceptors (Lipinski definition) is 4. The highest BCUT2D eigenvalue weighted by atomic mass is 35.5. The number of aryl methyl sites for hydroxylation is 1. The van der Waals surface area contributed by atoms with Crippen LogP contribution in [-0.2, 0) is 14.4 Å². The number of amides is 2. The van der Waals surface area contributed by atoms with E-state index in [1.54, 1.807) is 29.3 Å². The summed E-state index contributed by atoms with van der Waals surface area (Å²) >= 11 is 12.6. The molecule has 2 fully saturated rings. The van der Waals surface area contributed by atoms with Gasteiger partial charge in [-0.15, -0.1) is 0 Å². The van der Waals surface area contributed by atoms with Gasteiger partial charge in [0.2, 0.25) is 5.91 Å². The number of halogens is 2. The molecule has 5 nitrogen and oxygen atoms in total. The van der Waals surface area contributed by atoms with Crippen molar-refractivity contribution in [2.45, 2.75) is 19.1 Å². The molecule has 3 aromatic carbocycles. The molecule has 0 aromatic heterocycles. The van der Waals surface area contributed by atoms with Gasteiger partial charge in [0.05, 0.1) is 17.4 Å². The van der Waals surface area contributed by atoms with Gasteiger partial charge in [-0.1, -0.05) is 65.7 Å². The van der Waals surface area contributed by atoms with Crippen LogP contribution in [0.5, 0.6) is 0 Å². The zero-order valence-electron chi connectivity index (χ0n) is 16.5. The predicted molar refractivity (Wildman–Crippen MR) is 120 cm³/mol. The molecule has 2 amide bonds. The maximum atomic E-state index is 13.6. The van der Waals surface area contributed by atoms with E-state index in [4.69, 9.17) is 28.0 Å². The van der Waals surface area contributed by atoms with Gasteiger partial charge in [0.1, 0.15) is 5.92 Å². The SMILES string of the molecule is Cc1ccccc1N1C(=O)[C@H]2[C@H](ON(c3ccccc3)[C@@H]2c2ccc(Cl)cc2Cl)C1=O. The van der Waals surface area contributed by atoms with E-state index in [0.717, 1.165) is 11.3 Å². The average molecular weight is 453 g/mol. The van der Waals surface area contributed by atoms with Crippen LogP contribution in [0.4, 0.5) is 11.4 Å². The fourth-order valence-electron chi connectivity index (χ4n) is 4.32. The van der Waals surface area contributed by atoms with E-state index in [2.05, 4.69) is 0 Å². The lowest BCUT2D eigenvalue weighted by atomic mass is 9.90. The molecule has 0 radical (unpaired) electrons. The van der Waals surface area contributed by atoms with E-state index < -0.39 is 18.1 Å². The number of fused-ring (bicyclic) bond motifs is 1. The minimum absolute atomic E-state index is 0.307. The fourth-order valence-corrected chi connectivity index (χ4v) is 4.84. The Morgan fingerprint density at radius 2 is 1.58 bits per heavy atom. The molecule has 5 rings (SSSR count). The fraction of sp³-hybridized carbons (Fsp3) is 0.167. The van der Waals surface area contributed by atoms with Crippen LogP contribution in [0.2, 0.25) is 10.0 Å². The highest BCUT2D eigenvalue weighted by molar-refractivity contribution is 6.35. The topological polar surface area (TPSA) is 49.9 Å². The van der Waals surface area contributed by atoms with Crippen LogP contribution < -0.4 is 9.96 Å². The number of para-hydroxylation sites is 2. The largest absolute Gasteiger partial charge is 0.273 e. The van der Waals surface area contributed by atoms with E-state index in [1.165, 1.54) is 4.90 Å². The summed E-state index contributed by atoms with van der Waals surface area (Å²) in [7, 11) is 0. The molecular formula is C24H18Cl2N2O3. The van der Waals surface area contributed by atoms with Crippen molar-refractivity contribution in [1.29, 1.82) is 0 Å². The Kier molecular flexibility index (Phi) is 4.97. The second-order valence-electron chi connectivity index (χ2n) is 7.62. The minimum Gasteiger partial charge on any atom is -0.273 e. The lowest BCUT2D eigenvalue weighted by molar-refractivity contribution is -0.126. The van der Waals surface area contributed by atoms with Crippen molar-refractivity contribution < 1.29 is 14.4 Å². The van der Waals surface area contributed by atoms with Crippen LogP contribution in [-0.4, -0.2) is 17.9 Å². The molecule has 0 saturated carbocycles. The van der Waals surface area contributed by atoms with E-state index in [-0.39, 0.29) is 11.8 Å². The zero-order chi connectivity index (χ0) is 21.7. The summed E-state index contributed by atoms with van der Waals surface area (Å²) in [5.74, 6) is -1.43. The first-order valence-electron chi connectivity index (χ1n) is 9.87. The number of imide groups is 1. The number of carbonyl (C=O) groups is 2. The zero-order valence-corrected chi connectivity index (χ0v) is 18.0. The molecule has 2 heterocycles. The molecule has 0 bridgehead atoms. The van der Waals surface area contributed by atoms with Crippen molar-refractivity contribution in [3.8, 4) is 0 Å². The summed E-state index contributed by atoms with van der Waals surface area (Å²) in [5, 5.41) is 2.53. The Balaban J connectivity index is 1.63. The summed E-state index contributed by atoms with van der Waals surface area (Å²) in [6.07, 6.45) is -0.941. The normalized spacial score (nSPS) is 22.9. The summed E-state index contributed by atoms with van der Waals surface area (Å²) in [5.41, 5.74) is 2.82. The molecule has 2 aliphatic heterocycles. The maximum absolute atomic E-state index is 13.6. The van der Waals surface area contributed by atoms with Gasteiger partial charge in [-0.25, -0.2) is 9.96 Å². The number of hydrogen-bond donors (Lipinski definition) is 0. The Hall–Kier alpha value is -2.86. The first-order chi connectivity index (χ1) is 15.0. The van der Waals surface area contributed by atoms with E-state index in [9.17, 15) is 9.59 Å². The number of hydroxylamine groups is 1. The van der Waals surface area contributed by atoms with Gasteiger partial charge in [-0.05, 0) is 48.4 Å². The van der Waals surface area contributed by atoms with Crippen molar-refractivity contribution in [3.63, 3.8) is 0 Å². The summed E-state index contributed by atoms with van der Waals surface area (Å²) in [6.45, 7) is 1.87.